The molecule has 8 nitrogen and oxygen atoms in total. The summed E-state index contributed by atoms with van der Waals surface area (Å²) >= 11 is 0. The molecular weight excluding hydrogens is 426 g/mol. The van der Waals surface area contributed by atoms with Gasteiger partial charge in [0.1, 0.15) is 23.0 Å². The van der Waals surface area contributed by atoms with Gasteiger partial charge in [0.05, 0.1) is 38.5 Å². The third-order valence-electron chi connectivity index (χ3n) is 5.31. The second-order valence-corrected chi connectivity index (χ2v) is 7.78. The van der Waals surface area contributed by atoms with Crippen molar-refractivity contribution >= 4 is 17.4 Å². The second-order valence-electron chi connectivity index (χ2n) is 7.78. The van der Waals surface area contributed by atoms with Gasteiger partial charge in [0, 0.05) is 24.8 Å². The third kappa shape index (κ3) is 4.96. The first-order valence-corrected chi connectivity index (χ1v) is 10.6. The predicted octanol–water partition coefficient (Wildman–Crippen LogP) is 3.56. The molecule has 1 aliphatic heterocycles. The van der Waals surface area contributed by atoms with E-state index in [1.807, 2.05) is 13.8 Å². The van der Waals surface area contributed by atoms with E-state index in [9.17, 15) is 14.7 Å². The number of hydrogen-bond acceptors (Lipinski definition) is 7. The summed E-state index contributed by atoms with van der Waals surface area (Å²) in [5.74, 6) is -0.161. The van der Waals surface area contributed by atoms with Gasteiger partial charge in [0.25, 0.3) is 11.7 Å². The zero-order valence-corrected chi connectivity index (χ0v) is 19.5. The third-order valence-corrected chi connectivity index (χ3v) is 5.31. The number of aliphatic hydroxyl groups excluding tert-OH is 1. The highest BCUT2D eigenvalue weighted by molar-refractivity contribution is 6.46. The fourth-order valence-corrected chi connectivity index (χ4v) is 3.80. The van der Waals surface area contributed by atoms with Gasteiger partial charge in [-0.2, -0.15) is 0 Å². The van der Waals surface area contributed by atoms with Crippen LogP contribution in [0.5, 0.6) is 17.2 Å². The molecular formula is C25H29NO7. The molecule has 0 bridgehead atoms. The number of hydrogen-bond donors (Lipinski definition) is 1. The molecule has 33 heavy (non-hydrogen) atoms. The van der Waals surface area contributed by atoms with Crippen molar-refractivity contribution in [1.82, 2.24) is 4.90 Å². The standard InChI is InChI=1S/C25H29NO7/c1-15(2)33-17-8-6-16(7-9-17)23(27)21-22(26(12-13-30-3)25(29)24(21)28)19-14-18(31-4)10-11-20(19)32-5/h6-11,14-15,22,27H,12-13H2,1-5H3/b23-21-. The number of carbonyl (C=O) groups is 2. The Morgan fingerprint density at radius 2 is 1.67 bits per heavy atom. The molecule has 1 aliphatic rings. The minimum Gasteiger partial charge on any atom is -0.507 e. The van der Waals surface area contributed by atoms with Crippen molar-refractivity contribution in [2.45, 2.75) is 26.0 Å². The van der Waals surface area contributed by atoms with E-state index < -0.39 is 17.7 Å². The van der Waals surface area contributed by atoms with Crippen LogP contribution in [-0.2, 0) is 14.3 Å². The number of amides is 1. The van der Waals surface area contributed by atoms with Crippen molar-refractivity contribution in [2.75, 3.05) is 34.5 Å². The lowest BCUT2D eigenvalue weighted by Gasteiger charge is -2.26. The smallest absolute Gasteiger partial charge is 0.295 e. The molecule has 1 amide bonds. The highest BCUT2D eigenvalue weighted by Crippen LogP contribution is 2.43. The van der Waals surface area contributed by atoms with Gasteiger partial charge in [-0.25, -0.2) is 0 Å². The fraction of sp³-hybridized carbons (Fsp3) is 0.360. The van der Waals surface area contributed by atoms with Crippen LogP contribution in [0.15, 0.2) is 48.0 Å². The number of ether oxygens (including phenoxy) is 4. The minimum absolute atomic E-state index is 0.00363. The lowest BCUT2D eigenvalue weighted by Crippen LogP contribution is -2.32. The van der Waals surface area contributed by atoms with Crippen molar-refractivity contribution in [3.8, 4) is 17.2 Å². The Morgan fingerprint density at radius 1 is 1.00 bits per heavy atom. The van der Waals surface area contributed by atoms with Gasteiger partial charge in [0.15, 0.2) is 0 Å². The summed E-state index contributed by atoms with van der Waals surface area (Å²) in [5, 5.41) is 11.2. The van der Waals surface area contributed by atoms with Crippen molar-refractivity contribution < 1.29 is 33.6 Å². The largest absolute Gasteiger partial charge is 0.507 e. The maximum absolute atomic E-state index is 13.1. The Morgan fingerprint density at radius 3 is 2.24 bits per heavy atom. The number of rotatable bonds is 9. The van der Waals surface area contributed by atoms with Crippen LogP contribution in [0.1, 0.15) is 31.0 Å². The monoisotopic (exact) mass is 455 g/mol. The van der Waals surface area contributed by atoms with Crippen LogP contribution < -0.4 is 14.2 Å². The molecule has 1 unspecified atom stereocenters. The molecule has 1 heterocycles. The number of Topliss-reactive ketones (excluding diaryl/α,β-unsaturated/α-hetero) is 1. The first-order chi connectivity index (χ1) is 15.8. The molecule has 3 rings (SSSR count). The number of nitrogens with zero attached hydrogens (tertiary/aromatic N) is 1. The Hall–Kier alpha value is -3.52. The van der Waals surface area contributed by atoms with Gasteiger partial charge in [-0.15, -0.1) is 0 Å². The Bertz CT molecular complexity index is 1040. The van der Waals surface area contributed by atoms with Crippen LogP contribution in [0.3, 0.4) is 0 Å². The molecule has 8 heteroatoms. The number of carbonyl (C=O) groups excluding carboxylic acids is 2. The lowest BCUT2D eigenvalue weighted by molar-refractivity contribution is -0.140. The van der Waals surface area contributed by atoms with Gasteiger partial charge < -0.3 is 29.0 Å². The van der Waals surface area contributed by atoms with Crippen molar-refractivity contribution in [3.05, 3.63) is 59.2 Å². The van der Waals surface area contributed by atoms with Crippen molar-refractivity contribution in [3.63, 3.8) is 0 Å². The molecule has 0 saturated carbocycles. The molecule has 2 aromatic carbocycles. The van der Waals surface area contributed by atoms with Crippen LogP contribution >= 0.6 is 0 Å². The molecule has 1 fully saturated rings. The number of likely N-dealkylation sites (tertiary alicyclic amines) is 1. The van der Waals surface area contributed by atoms with E-state index in [1.54, 1.807) is 42.5 Å². The van der Waals surface area contributed by atoms with Gasteiger partial charge in [0.2, 0.25) is 0 Å². The van der Waals surface area contributed by atoms with E-state index >= 15 is 0 Å². The molecule has 0 radical (unpaired) electrons. The molecule has 1 N–H and O–H groups in total. The van der Waals surface area contributed by atoms with E-state index in [1.165, 1.54) is 26.2 Å². The summed E-state index contributed by atoms with van der Waals surface area (Å²) < 4.78 is 21.7. The summed E-state index contributed by atoms with van der Waals surface area (Å²) in [7, 11) is 4.53. The fourth-order valence-electron chi connectivity index (χ4n) is 3.80. The summed E-state index contributed by atoms with van der Waals surface area (Å²) in [5.41, 5.74) is 0.886. The van der Waals surface area contributed by atoms with Crippen LogP contribution in [0.4, 0.5) is 0 Å². The molecule has 0 aromatic heterocycles. The summed E-state index contributed by atoms with van der Waals surface area (Å²) in [6, 6.07) is 10.9. The zero-order valence-electron chi connectivity index (χ0n) is 19.5. The average molecular weight is 456 g/mol. The lowest BCUT2D eigenvalue weighted by atomic mass is 9.94. The van der Waals surface area contributed by atoms with Crippen molar-refractivity contribution in [2.24, 2.45) is 0 Å². The number of methoxy groups -OCH3 is 3. The molecule has 0 aliphatic carbocycles. The summed E-state index contributed by atoms with van der Waals surface area (Å²) in [4.78, 5) is 27.4. The van der Waals surface area contributed by atoms with Crippen molar-refractivity contribution in [1.29, 1.82) is 0 Å². The SMILES string of the molecule is COCCN1C(=O)C(=O)/C(=C(\O)c2ccc(OC(C)C)cc2)C1c1cc(OC)ccc1OC. The second kappa shape index (κ2) is 10.4. The highest BCUT2D eigenvalue weighted by Gasteiger charge is 2.47. The number of aliphatic hydroxyl groups is 1. The molecule has 0 spiro atoms. The molecule has 2 aromatic rings. The Kier molecular flexibility index (Phi) is 7.60. The van der Waals surface area contributed by atoms with Crippen LogP contribution in [-0.4, -0.2) is 62.3 Å². The maximum Gasteiger partial charge on any atom is 0.295 e. The van der Waals surface area contributed by atoms with Gasteiger partial charge in [-0.3, -0.25) is 9.59 Å². The first-order valence-electron chi connectivity index (χ1n) is 10.6. The average Bonchev–Trinajstić information content (AvgIpc) is 3.06. The van der Waals surface area contributed by atoms with E-state index in [0.29, 0.717) is 28.4 Å². The summed E-state index contributed by atoms with van der Waals surface area (Å²) in [6.07, 6.45) is -0.00363. The molecule has 1 atom stereocenters. The van der Waals surface area contributed by atoms with E-state index in [4.69, 9.17) is 18.9 Å². The van der Waals surface area contributed by atoms with Crippen LogP contribution in [0.2, 0.25) is 0 Å². The zero-order chi connectivity index (χ0) is 24.1. The van der Waals surface area contributed by atoms with Gasteiger partial charge >= 0.3 is 0 Å². The maximum atomic E-state index is 13.1. The van der Waals surface area contributed by atoms with E-state index in [2.05, 4.69) is 0 Å². The van der Waals surface area contributed by atoms with E-state index in [-0.39, 0.29) is 30.6 Å². The number of benzene rings is 2. The van der Waals surface area contributed by atoms with Crippen LogP contribution in [0, 0.1) is 0 Å². The topological polar surface area (TPSA) is 94.5 Å². The Labute approximate surface area is 193 Å². The van der Waals surface area contributed by atoms with Gasteiger partial charge in [-0.1, -0.05) is 0 Å². The molecule has 1 saturated heterocycles. The first kappa shape index (κ1) is 24.1. The summed E-state index contributed by atoms with van der Waals surface area (Å²) in [6.45, 7) is 4.20. The quantitative estimate of drug-likeness (QED) is 0.351. The Balaban J connectivity index is 2.17. The molecule has 176 valence electrons. The van der Waals surface area contributed by atoms with Gasteiger partial charge in [-0.05, 0) is 56.3 Å². The van der Waals surface area contributed by atoms with Crippen LogP contribution in [0.25, 0.3) is 5.76 Å². The highest BCUT2D eigenvalue weighted by atomic mass is 16.5. The minimum atomic E-state index is -0.878. The normalized spacial score (nSPS) is 17.5. The van der Waals surface area contributed by atoms with E-state index in [0.717, 1.165) is 0 Å². The predicted molar refractivity (Wildman–Crippen MR) is 123 cm³/mol. The number of ketones is 1.